The molecule has 1 saturated carbocycles. The van der Waals surface area contributed by atoms with Gasteiger partial charge in [0.25, 0.3) is 0 Å². The molecule has 2 rings (SSSR count). The minimum Gasteiger partial charge on any atom is -0.395 e. The first-order chi connectivity index (χ1) is 6.77. The summed E-state index contributed by atoms with van der Waals surface area (Å²) in [5, 5.41) is 9.99. The van der Waals surface area contributed by atoms with Gasteiger partial charge in [0.2, 0.25) is 0 Å². The van der Waals surface area contributed by atoms with Crippen LogP contribution in [-0.4, -0.2) is 16.7 Å². The molecule has 1 aromatic heterocycles. The van der Waals surface area contributed by atoms with Gasteiger partial charge < -0.3 is 5.11 Å². The topological polar surface area (TPSA) is 33.1 Å². The molecule has 1 fully saturated rings. The zero-order valence-corrected chi connectivity index (χ0v) is 8.80. The van der Waals surface area contributed by atoms with E-state index < -0.39 is 0 Å². The third-order valence-electron chi connectivity index (χ3n) is 3.20. The van der Waals surface area contributed by atoms with Crippen LogP contribution in [0, 0.1) is 0 Å². The average Bonchev–Trinajstić information content (AvgIpc) is 2.68. The Balaban J connectivity index is 2.31. The van der Waals surface area contributed by atoms with Gasteiger partial charge in [-0.3, -0.25) is 0 Å². The first kappa shape index (κ1) is 9.94. The Bertz CT molecular complexity index is 304. The molecule has 1 N–H and O–H groups in total. The number of halogens is 1. The lowest BCUT2D eigenvalue weighted by Crippen LogP contribution is -2.26. The van der Waals surface area contributed by atoms with Gasteiger partial charge in [0.1, 0.15) is 5.15 Å². The summed E-state index contributed by atoms with van der Waals surface area (Å²) in [6.07, 6.45) is 6.32. The molecule has 0 aromatic carbocycles. The third-order valence-corrected chi connectivity index (χ3v) is 3.43. The molecular weight excluding hydrogens is 198 g/mol. The number of pyridine rings is 1. The van der Waals surface area contributed by atoms with Crippen LogP contribution in [0.5, 0.6) is 0 Å². The van der Waals surface area contributed by atoms with Gasteiger partial charge in [-0.15, -0.1) is 0 Å². The molecule has 1 aliphatic rings. The molecule has 0 aliphatic heterocycles. The highest BCUT2D eigenvalue weighted by Crippen LogP contribution is 2.40. The molecular formula is C11H14ClNO. The average molecular weight is 212 g/mol. The maximum Gasteiger partial charge on any atom is 0.129 e. The van der Waals surface area contributed by atoms with E-state index in [2.05, 4.69) is 4.98 Å². The number of rotatable bonds is 2. The van der Waals surface area contributed by atoms with Crippen LogP contribution in [0.25, 0.3) is 0 Å². The zero-order valence-electron chi connectivity index (χ0n) is 8.04. The fourth-order valence-electron chi connectivity index (χ4n) is 2.28. The molecule has 3 heteroatoms. The Morgan fingerprint density at radius 3 is 2.57 bits per heavy atom. The first-order valence-electron chi connectivity index (χ1n) is 5.00. The minimum absolute atomic E-state index is 0.0441. The van der Waals surface area contributed by atoms with E-state index in [1.165, 1.54) is 12.8 Å². The summed E-state index contributed by atoms with van der Waals surface area (Å²) in [4.78, 5) is 4.07. The zero-order chi connectivity index (χ0) is 10.0. The summed E-state index contributed by atoms with van der Waals surface area (Å²) in [6.45, 7) is 0.219. The van der Waals surface area contributed by atoms with E-state index in [-0.39, 0.29) is 12.0 Å². The monoisotopic (exact) mass is 211 g/mol. The standard InChI is InChI=1S/C11H14ClNO/c12-10-4-3-9(7-13-10)11(8-14)5-1-2-6-11/h3-4,7,14H,1-2,5-6,8H2. The number of aliphatic hydroxyl groups is 1. The molecule has 0 spiro atoms. The molecule has 1 aromatic rings. The van der Waals surface area contributed by atoms with Gasteiger partial charge in [-0.1, -0.05) is 30.5 Å². The predicted octanol–water partition coefficient (Wildman–Crippen LogP) is 2.54. The quantitative estimate of drug-likeness (QED) is 0.763. The van der Waals surface area contributed by atoms with Crippen molar-refractivity contribution < 1.29 is 5.11 Å². The number of hydrogen-bond acceptors (Lipinski definition) is 2. The van der Waals surface area contributed by atoms with Crippen molar-refractivity contribution in [3.05, 3.63) is 29.0 Å². The number of aromatic nitrogens is 1. The van der Waals surface area contributed by atoms with Gasteiger partial charge in [-0.2, -0.15) is 0 Å². The summed E-state index contributed by atoms with van der Waals surface area (Å²) in [5.74, 6) is 0. The smallest absolute Gasteiger partial charge is 0.129 e. The number of nitrogens with zero attached hydrogens (tertiary/aromatic N) is 1. The molecule has 2 nitrogen and oxygen atoms in total. The van der Waals surface area contributed by atoms with Crippen LogP contribution in [0.15, 0.2) is 18.3 Å². The second-order valence-corrected chi connectivity index (χ2v) is 4.40. The molecule has 1 heterocycles. The van der Waals surface area contributed by atoms with Crippen molar-refractivity contribution in [2.45, 2.75) is 31.1 Å². The molecule has 1 aliphatic carbocycles. The van der Waals surface area contributed by atoms with Crippen molar-refractivity contribution in [1.82, 2.24) is 4.98 Å². The van der Waals surface area contributed by atoms with E-state index in [1.807, 2.05) is 6.07 Å². The summed E-state index contributed by atoms with van der Waals surface area (Å²) in [6, 6.07) is 3.78. The second-order valence-electron chi connectivity index (χ2n) is 4.02. The van der Waals surface area contributed by atoms with E-state index in [4.69, 9.17) is 11.6 Å². The van der Waals surface area contributed by atoms with Gasteiger partial charge in [-0.25, -0.2) is 4.98 Å². The van der Waals surface area contributed by atoms with E-state index in [0.29, 0.717) is 5.15 Å². The van der Waals surface area contributed by atoms with Crippen molar-refractivity contribution in [3.8, 4) is 0 Å². The van der Waals surface area contributed by atoms with Gasteiger partial charge in [-0.05, 0) is 24.5 Å². The summed E-state index contributed by atoms with van der Waals surface area (Å²) in [5.41, 5.74) is 1.08. The molecule has 0 bridgehead atoms. The molecule has 0 radical (unpaired) electrons. The van der Waals surface area contributed by atoms with Crippen LogP contribution >= 0.6 is 11.6 Å². The second kappa shape index (κ2) is 3.87. The van der Waals surface area contributed by atoms with Crippen molar-refractivity contribution in [1.29, 1.82) is 0 Å². The van der Waals surface area contributed by atoms with Crippen LogP contribution in [0.1, 0.15) is 31.2 Å². The van der Waals surface area contributed by atoms with Crippen LogP contribution in [-0.2, 0) is 5.41 Å². The van der Waals surface area contributed by atoms with Crippen molar-refractivity contribution in [3.63, 3.8) is 0 Å². The summed E-state index contributed by atoms with van der Waals surface area (Å²) in [7, 11) is 0. The summed E-state index contributed by atoms with van der Waals surface area (Å²) < 4.78 is 0. The van der Waals surface area contributed by atoms with Crippen molar-refractivity contribution in [2.75, 3.05) is 6.61 Å². The van der Waals surface area contributed by atoms with Gasteiger partial charge in [0, 0.05) is 11.6 Å². The van der Waals surface area contributed by atoms with Crippen LogP contribution in [0.2, 0.25) is 5.15 Å². The maximum absolute atomic E-state index is 9.48. The SMILES string of the molecule is OCC1(c2ccc(Cl)nc2)CCCC1. The highest BCUT2D eigenvalue weighted by Gasteiger charge is 2.35. The van der Waals surface area contributed by atoms with E-state index in [9.17, 15) is 5.11 Å². The van der Waals surface area contributed by atoms with Crippen molar-refractivity contribution >= 4 is 11.6 Å². The van der Waals surface area contributed by atoms with Gasteiger partial charge in [0.05, 0.1) is 6.61 Å². The first-order valence-corrected chi connectivity index (χ1v) is 5.37. The third kappa shape index (κ3) is 1.64. The molecule has 0 saturated heterocycles. The number of aliphatic hydroxyl groups excluding tert-OH is 1. The van der Waals surface area contributed by atoms with E-state index in [1.54, 1.807) is 12.3 Å². The molecule has 0 amide bonds. The lowest BCUT2D eigenvalue weighted by atomic mass is 9.81. The molecule has 14 heavy (non-hydrogen) atoms. The summed E-state index contributed by atoms with van der Waals surface area (Å²) >= 11 is 5.73. The van der Waals surface area contributed by atoms with Gasteiger partial charge in [0.15, 0.2) is 0 Å². The molecule has 0 atom stereocenters. The van der Waals surface area contributed by atoms with Crippen molar-refractivity contribution in [2.24, 2.45) is 0 Å². The predicted molar refractivity (Wildman–Crippen MR) is 56.5 cm³/mol. The Morgan fingerprint density at radius 1 is 1.36 bits per heavy atom. The number of hydrogen-bond donors (Lipinski definition) is 1. The Kier molecular flexibility index (Phi) is 2.75. The lowest BCUT2D eigenvalue weighted by molar-refractivity contribution is 0.195. The Morgan fingerprint density at radius 2 is 2.07 bits per heavy atom. The highest BCUT2D eigenvalue weighted by molar-refractivity contribution is 6.29. The largest absolute Gasteiger partial charge is 0.395 e. The molecule has 76 valence electrons. The lowest BCUT2D eigenvalue weighted by Gasteiger charge is -2.26. The van der Waals surface area contributed by atoms with Crippen LogP contribution in [0.3, 0.4) is 0 Å². The Labute approximate surface area is 88.9 Å². The van der Waals surface area contributed by atoms with Crippen LogP contribution in [0.4, 0.5) is 0 Å². The van der Waals surface area contributed by atoms with Gasteiger partial charge >= 0.3 is 0 Å². The fourth-order valence-corrected chi connectivity index (χ4v) is 2.39. The van der Waals surface area contributed by atoms with E-state index >= 15 is 0 Å². The molecule has 0 unspecified atom stereocenters. The van der Waals surface area contributed by atoms with Crippen LogP contribution < -0.4 is 0 Å². The highest BCUT2D eigenvalue weighted by atomic mass is 35.5. The fraction of sp³-hybridized carbons (Fsp3) is 0.545. The minimum atomic E-state index is -0.0441. The van der Waals surface area contributed by atoms with E-state index in [0.717, 1.165) is 18.4 Å². The Hall–Kier alpha value is -0.600. The normalized spacial score (nSPS) is 19.9. The maximum atomic E-state index is 9.48.